The normalized spacial score (nSPS) is 20.2. The first-order chi connectivity index (χ1) is 13.3. The van der Waals surface area contributed by atoms with Gasteiger partial charge in [-0.2, -0.15) is 5.10 Å². The third-order valence-electron chi connectivity index (χ3n) is 5.66. The van der Waals surface area contributed by atoms with Gasteiger partial charge in [-0.15, -0.1) is 0 Å². The molecule has 0 spiro atoms. The molecule has 1 amide bonds. The van der Waals surface area contributed by atoms with E-state index in [1.165, 1.54) is 6.42 Å². The number of pyridine rings is 1. The van der Waals surface area contributed by atoms with Crippen LogP contribution in [0.15, 0.2) is 48.7 Å². The second-order valence-electron chi connectivity index (χ2n) is 7.58. The van der Waals surface area contributed by atoms with Crippen molar-refractivity contribution in [2.45, 2.75) is 44.4 Å². The van der Waals surface area contributed by atoms with Crippen LogP contribution in [-0.4, -0.2) is 38.2 Å². The third-order valence-corrected chi connectivity index (χ3v) is 5.66. The number of nitrogens with one attached hydrogen (secondary N) is 1. The Morgan fingerprint density at radius 2 is 2.04 bits per heavy atom. The number of nitrogens with zero attached hydrogens (tertiary/aromatic N) is 4. The molecule has 1 fully saturated rings. The van der Waals surface area contributed by atoms with Crippen LogP contribution in [-0.2, 0) is 17.9 Å². The summed E-state index contributed by atoms with van der Waals surface area (Å²) in [6.07, 6.45) is 5.18. The first kappa shape index (κ1) is 16.4. The molecule has 27 heavy (non-hydrogen) atoms. The summed E-state index contributed by atoms with van der Waals surface area (Å²) in [7, 11) is 0. The molecule has 0 radical (unpaired) electrons. The zero-order valence-electron chi connectivity index (χ0n) is 15.2. The zero-order chi connectivity index (χ0) is 18.2. The van der Waals surface area contributed by atoms with Crippen molar-refractivity contribution in [3.63, 3.8) is 0 Å². The minimum atomic E-state index is -0.273. The van der Waals surface area contributed by atoms with Crippen LogP contribution in [0.1, 0.15) is 36.7 Å². The Kier molecular flexibility index (Phi) is 4.13. The third kappa shape index (κ3) is 3.21. The first-order valence-electron chi connectivity index (χ1n) is 9.66. The highest BCUT2D eigenvalue weighted by atomic mass is 16.2. The van der Waals surface area contributed by atoms with Gasteiger partial charge in [0.05, 0.1) is 16.9 Å². The number of carbonyl (C=O) groups is 1. The van der Waals surface area contributed by atoms with E-state index in [0.717, 1.165) is 48.2 Å². The maximum atomic E-state index is 12.8. The van der Waals surface area contributed by atoms with Crippen LogP contribution in [0.3, 0.4) is 0 Å². The van der Waals surface area contributed by atoms with Gasteiger partial charge >= 0.3 is 0 Å². The molecule has 1 saturated carbocycles. The van der Waals surface area contributed by atoms with Crippen LogP contribution < -0.4 is 5.32 Å². The molecule has 138 valence electrons. The average molecular weight is 361 g/mol. The largest absolute Gasteiger partial charge is 0.351 e. The summed E-state index contributed by atoms with van der Waals surface area (Å²) < 4.78 is 1.89. The van der Waals surface area contributed by atoms with Crippen LogP contribution >= 0.6 is 0 Å². The summed E-state index contributed by atoms with van der Waals surface area (Å²) >= 11 is 0. The molecular formula is C21H23N5O. The van der Waals surface area contributed by atoms with E-state index in [2.05, 4.69) is 33.5 Å². The van der Waals surface area contributed by atoms with Crippen LogP contribution in [0.5, 0.6) is 0 Å². The molecule has 1 aliphatic carbocycles. The number of para-hydroxylation sites is 1. The van der Waals surface area contributed by atoms with Crippen LogP contribution in [0.4, 0.5) is 0 Å². The Balaban J connectivity index is 1.36. The molecular weight excluding hydrogens is 338 g/mol. The van der Waals surface area contributed by atoms with Crippen LogP contribution in [0, 0.1) is 0 Å². The van der Waals surface area contributed by atoms with E-state index in [1.807, 2.05) is 28.9 Å². The molecule has 0 saturated heterocycles. The van der Waals surface area contributed by atoms with Gasteiger partial charge in [0.15, 0.2) is 0 Å². The van der Waals surface area contributed by atoms with Crippen LogP contribution in [0.2, 0.25) is 0 Å². The molecule has 0 bridgehead atoms. The van der Waals surface area contributed by atoms with Gasteiger partial charge in [-0.25, -0.2) is 0 Å². The predicted octanol–water partition coefficient (Wildman–Crippen LogP) is 2.66. The second kappa shape index (κ2) is 6.78. The van der Waals surface area contributed by atoms with Crippen LogP contribution in [0.25, 0.3) is 10.9 Å². The number of fused-ring (bicyclic) bond motifs is 2. The average Bonchev–Trinajstić information content (AvgIpc) is 3.12. The van der Waals surface area contributed by atoms with E-state index in [1.54, 1.807) is 6.20 Å². The van der Waals surface area contributed by atoms with Crippen molar-refractivity contribution in [2.75, 3.05) is 6.54 Å². The predicted molar refractivity (Wildman–Crippen MR) is 103 cm³/mol. The number of hydrogen-bond donors (Lipinski definition) is 1. The van der Waals surface area contributed by atoms with Crippen molar-refractivity contribution < 1.29 is 4.79 Å². The fraction of sp³-hybridized carbons (Fsp3) is 0.381. The number of benzene rings is 1. The van der Waals surface area contributed by atoms with Crippen molar-refractivity contribution in [1.29, 1.82) is 0 Å². The number of carbonyl (C=O) groups excluding carboxylic acids is 1. The van der Waals surface area contributed by atoms with Gasteiger partial charge in [0, 0.05) is 37.3 Å². The van der Waals surface area contributed by atoms with E-state index in [9.17, 15) is 4.79 Å². The molecule has 3 aromatic rings. The quantitative estimate of drug-likeness (QED) is 0.776. The highest BCUT2D eigenvalue weighted by Gasteiger charge is 2.32. The Labute approximate surface area is 158 Å². The van der Waals surface area contributed by atoms with Gasteiger partial charge in [-0.05, 0) is 37.5 Å². The Morgan fingerprint density at radius 1 is 1.15 bits per heavy atom. The Bertz CT molecular complexity index is 977. The minimum absolute atomic E-state index is 0.0841. The highest BCUT2D eigenvalue weighted by molar-refractivity contribution is 5.81. The van der Waals surface area contributed by atoms with Crippen molar-refractivity contribution in [3.05, 3.63) is 60.0 Å². The summed E-state index contributed by atoms with van der Waals surface area (Å²) in [4.78, 5) is 19.9. The number of rotatable bonds is 4. The van der Waals surface area contributed by atoms with E-state index in [-0.39, 0.29) is 11.9 Å². The zero-order valence-corrected chi connectivity index (χ0v) is 15.2. The summed E-state index contributed by atoms with van der Waals surface area (Å²) in [5.41, 5.74) is 3.12. The number of hydrogen-bond acceptors (Lipinski definition) is 4. The fourth-order valence-corrected chi connectivity index (χ4v) is 3.95. The SMILES string of the molecule is O=C(NC1CCC1)[C@H]1CN(Cc2ccc3ccccc3n2)Cc2ccnn21. The van der Waals surface area contributed by atoms with Crippen molar-refractivity contribution in [2.24, 2.45) is 0 Å². The maximum Gasteiger partial charge on any atom is 0.246 e. The Hall–Kier alpha value is -2.73. The summed E-state index contributed by atoms with van der Waals surface area (Å²) in [5.74, 6) is 0.0841. The molecule has 3 heterocycles. The van der Waals surface area contributed by atoms with Gasteiger partial charge in [-0.3, -0.25) is 19.4 Å². The van der Waals surface area contributed by atoms with Gasteiger partial charge in [0.25, 0.3) is 0 Å². The smallest absolute Gasteiger partial charge is 0.246 e. The molecule has 1 N–H and O–H groups in total. The monoisotopic (exact) mass is 361 g/mol. The van der Waals surface area contributed by atoms with E-state index in [4.69, 9.17) is 4.98 Å². The molecule has 6 nitrogen and oxygen atoms in total. The lowest BCUT2D eigenvalue weighted by molar-refractivity contribution is -0.127. The lowest BCUT2D eigenvalue weighted by Crippen LogP contribution is -2.48. The lowest BCUT2D eigenvalue weighted by atomic mass is 9.93. The summed E-state index contributed by atoms with van der Waals surface area (Å²) in [6.45, 7) is 2.16. The standard InChI is InChI=1S/C21H23N5O/c27-21(24-16-5-3-6-16)20-14-25(13-18-10-11-22-26(18)20)12-17-9-8-15-4-1-2-7-19(15)23-17/h1-2,4,7-11,16,20H,3,5-6,12-14H2,(H,24,27)/t20-/m1/s1. The number of amides is 1. The highest BCUT2D eigenvalue weighted by Crippen LogP contribution is 2.24. The molecule has 2 aliphatic rings. The Morgan fingerprint density at radius 3 is 2.89 bits per heavy atom. The topological polar surface area (TPSA) is 63.1 Å². The first-order valence-corrected chi connectivity index (χ1v) is 9.66. The fourth-order valence-electron chi connectivity index (χ4n) is 3.95. The van der Waals surface area contributed by atoms with Crippen molar-refractivity contribution >= 4 is 16.8 Å². The number of aromatic nitrogens is 3. The van der Waals surface area contributed by atoms with Crippen molar-refractivity contribution in [1.82, 2.24) is 25.0 Å². The van der Waals surface area contributed by atoms with Gasteiger partial charge in [0.2, 0.25) is 5.91 Å². The molecule has 6 heteroatoms. The van der Waals surface area contributed by atoms with Gasteiger partial charge in [-0.1, -0.05) is 24.3 Å². The minimum Gasteiger partial charge on any atom is -0.351 e. The van der Waals surface area contributed by atoms with E-state index >= 15 is 0 Å². The van der Waals surface area contributed by atoms with Gasteiger partial charge in [0.1, 0.15) is 6.04 Å². The summed E-state index contributed by atoms with van der Waals surface area (Å²) in [5, 5.41) is 8.74. The van der Waals surface area contributed by atoms with Gasteiger partial charge < -0.3 is 5.32 Å². The molecule has 2 aromatic heterocycles. The molecule has 5 rings (SSSR count). The molecule has 0 unspecified atom stereocenters. The van der Waals surface area contributed by atoms with E-state index in [0.29, 0.717) is 12.6 Å². The summed E-state index contributed by atoms with van der Waals surface area (Å²) in [6, 6.07) is 14.4. The molecule has 1 aromatic carbocycles. The van der Waals surface area contributed by atoms with Crippen molar-refractivity contribution in [3.8, 4) is 0 Å². The van der Waals surface area contributed by atoms with E-state index < -0.39 is 0 Å². The molecule has 1 aliphatic heterocycles. The maximum absolute atomic E-state index is 12.8. The second-order valence-corrected chi connectivity index (χ2v) is 7.58. The molecule has 1 atom stereocenters. The lowest BCUT2D eigenvalue weighted by Gasteiger charge is -2.35.